The van der Waals surface area contributed by atoms with Gasteiger partial charge in [0.1, 0.15) is 0 Å². The summed E-state index contributed by atoms with van der Waals surface area (Å²) in [4.78, 5) is 11.5. The second-order valence-corrected chi connectivity index (χ2v) is 7.65. The van der Waals surface area contributed by atoms with E-state index in [9.17, 15) is 39.6 Å². The van der Waals surface area contributed by atoms with Gasteiger partial charge in [-0.25, -0.2) is 8.42 Å². The van der Waals surface area contributed by atoms with E-state index in [0.717, 1.165) is 7.11 Å². The summed E-state index contributed by atoms with van der Waals surface area (Å²) in [6, 6.07) is 0. The van der Waals surface area contributed by atoms with E-state index in [1.54, 1.807) is 0 Å². The van der Waals surface area contributed by atoms with Crippen molar-refractivity contribution in [2.75, 3.05) is 12.9 Å². The van der Waals surface area contributed by atoms with Gasteiger partial charge >= 0.3 is 18.3 Å². The summed E-state index contributed by atoms with van der Waals surface area (Å²) in [6.07, 6.45) is -12.5. The van der Waals surface area contributed by atoms with Crippen LogP contribution in [0.15, 0.2) is 0 Å². The zero-order valence-corrected chi connectivity index (χ0v) is 14.0. The van der Waals surface area contributed by atoms with Gasteiger partial charge in [-0.1, -0.05) is 13.3 Å². The van der Waals surface area contributed by atoms with Gasteiger partial charge in [0.25, 0.3) is 0 Å². The zero-order valence-electron chi connectivity index (χ0n) is 13.2. The second-order valence-electron chi connectivity index (χ2n) is 5.35. The minimum Gasteiger partial charge on any atom is -0.468 e. The maximum atomic E-state index is 12.8. The Kier molecular flexibility index (Phi) is 8.54. The third-order valence-corrected chi connectivity index (χ3v) is 5.51. The molecule has 2 atom stereocenters. The zero-order chi connectivity index (χ0) is 19.2. The predicted octanol–water partition coefficient (Wildman–Crippen LogP) is 3.65. The van der Waals surface area contributed by atoms with Crippen LogP contribution in [0.3, 0.4) is 0 Å². The minimum absolute atomic E-state index is 0.188. The molecule has 0 fully saturated rings. The topological polar surface area (TPSA) is 60.4 Å². The Balaban J connectivity index is 5.17. The number of carbonyl (C=O) groups is 1. The summed E-state index contributed by atoms with van der Waals surface area (Å²) in [5.74, 6) is -4.55. The number of esters is 1. The van der Waals surface area contributed by atoms with E-state index in [0.29, 0.717) is 0 Å². The summed E-state index contributed by atoms with van der Waals surface area (Å²) in [5, 5.41) is -2.04. The molecule has 0 N–H and O–H groups in total. The Morgan fingerprint density at radius 2 is 1.58 bits per heavy atom. The van der Waals surface area contributed by atoms with Crippen LogP contribution in [0.4, 0.5) is 26.3 Å². The fraction of sp³-hybridized carbons (Fsp3) is 0.923. The fourth-order valence-corrected chi connectivity index (χ4v) is 3.83. The lowest BCUT2D eigenvalue weighted by molar-refractivity contribution is -0.178. The highest BCUT2D eigenvalue weighted by Gasteiger charge is 2.42. The lowest BCUT2D eigenvalue weighted by Gasteiger charge is -2.22. The molecule has 0 aromatic rings. The van der Waals surface area contributed by atoms with Gasteiger partial charge in [-0.15, -0.1) is 0 Å². The van der Waals surface area contributed by atoms with E-state index in [4.69, 9.17) is 0 Å². The van der Waals surface area contributed by atoms with Crippen LogP contribution in [0.5, 0.6) is 0 Å². The normalized spacial score (nSPS) is 15.8. The minimum atomic E-state index is -4.76. The van der Waals surface area contributed by atoms with E-state index in [-0.39, 0.29) is 12.8 Å². The monoisotopic (exact) mass is 386 g/mol. The highest BCUT2D eigenvalue weighted by atomic mass is 32.2. The molecule has 0 aliphatic rings. The predicted molar refractivity (Wildman–Crippen MR) is 73.9 cm³/mol. The van der Waals surface area contributed by atoms with Gasteiger partial charge in [0.2, 0.25) is 0 Å². The number of ether oxygens (including phenoxy) is 1. The summed E-state index contributed by atoms with van der Waals surface area (Å²) in [6.45, 7) is 1.51. The van der Waals surface area contributed by atoms with Crippen LogP contribution < -0.4 is 0 Å². The molecule has 0 saturated heterocycles. The summed E-state index contributed by atoms with van der Waals surface area (Å²) >= 11 is 0. The van der Waals surface area contributed by atoms with Gasteiger partial charge in [0.05, 0.1) is 25.2 Å². The number of halogens is 6. The SMILES string of the molecule is CCCC(CCC(C(=O)OC)S(=O)(=O)CCC(F)(F)F)C(F)(F)F. The Bertz CT molecular complexity index is 498. The first-order valence-corrected chi connectivity index (χ1v) is 8.89. The highest BCUT2D eigenvalue weighted by molar-refractivity contribution is 7.92. The molecule has 0 amide bonds. The van der Waals surface area contributed by atoms with Gasteiger partial charge in [0, 0.05) is 0 Å². The van der Waals surface area contributed by atoms with E-state index >= 15 is 0 Å². The van der Waals surface area contributed by atoms with Crippen molar-refractivity contribution < 1.29 is 44.3 Å². The molecule has 24 heavy (non-hydrogen) atoms. The number of alkyl halides is 6. The average molecular weight is 386 g/mol. The van der Waals surface area contributed by atoms with Gasteiger partial charge in [0.15, 0.2) is 15.1 Å². The summed E-state index contributed by atoms with van der Waals surface area (Å²) in [5.41, 5.74) is 0. The first-order chi connectivity index (χ1) is 10.7. The molecule has 0 bridgehead atoms. The van der Waals surface area contributed by atoms with E-state index < -0.39 is 64.3 Å². The van der Waals surface area contributed by atoms with Crippen molar-refractivity contribution in [1.82, 2.24) is 0 Å². The molecule has 0 aromatic heterocycles. The quantitative estimate of drug-likeness (QED) is 0.448. The molecule has 2 unspecified atom stereocenters. The van der Waals surface area contributed by atoms with Crippen molar-refractivity contribution in [3.05, 3.63) is 0 Å². The largest absolute Gasteiger partial charge is 0.468 e. The van der Waals surface area contributed by atoms with E-state index in [1.807, 2.05) is 0 Å². The molecular formula is C13H20F6O4S. The number of hydrogen-bond donors (Lipinski definition) is 0. The third-order valence-electron chi connectivity index (χ3n) is 3.44. The van der Waals surface area contributed by atoms with Crippen LogP contribution in [0.25, 0.3) is 0 Å². The Labute approximate surface area is 136 Å². The van der Waals surface area contributed by atoms with Crippen LogP contribution in [0.1, 0.15) is 39.0 Å². The number of sulfone groups is 1. The lowest BCUT2D eigenvalue weighted by atomic mass is 9.96. The van der Waals surface area contributed by atoms with Crippen molar-refractivity contribution in [3.63, 3.8) is 0 Å². The van der Waals surface area contributed by atoms with Crippen molar-refractivity contribution in [1.29, 1.82) is 0 Å². The first kappa shape index (κ1) is 23.0. The first-order valence-electron chi connectivity index (χ1n) is 7.17. The second kappa shape index (κ2) is 8.91. The molecule has 0 aliphatic carbocycles. The number of rotatable bonds is 9. The molecule has 11 heteroatoms. The molecule has 0 radical (unpaired) electrons. The Morgan fingerprint density at radius 3 is 1.96 bits per heavy atom. The van der Waals surface area contributed by atoms with Gasteiger partial charge in [-0.2, -0.15) is 26.3 Å². The van der Waals surface area contributed by atoms with E-state index in [1.165, 1.54) is 6.92 Å². The standard InChI is InChI=1S/C13H20F6O4S/c1-3-4-9(13(17,18)19)5-6-10(11(20)23-2)24(21,22)8-7-12(14,15)16/h9-10H,3-8H2,1-2H3. The van der Waals surface area contributed by atoms with Crippen LogP contribution in [0.2, 0.25) is 0 Å². The molecule has 0 aliphatic heterocycles. The van der Waals surface area contributed by atoms with Gasteiger partial charge in [-0.05, 0) is 19.3 Å². The maximum Gasteiger partial charge on any atom is 0.391 e. The molecule has 0 heterocycles. The fourth-order valence-electron chi connectivity index (χ4n) is 2.15. The van der Waals surface area contributed by atoms with Crippen molar-refractivity contribution in [2.45, 2.75) is 56.6 Å². The van der Waals surface area contributed by atoms with E-state index in [2.05, 4.69) is 4.74 Å². The number of methoxy groups -OCH3 is 1. The molecular weight excluding hydrogens is 366 g/mol. The van der Waals surface area contributed by atoms with Gasteiger partial charge < -0.3 is 4.74 Å². The molecule has 0 aromatic carbocycles. The summed E-state index contributed by atoms with van der Waals surface area (Å²) in [7, 11) is -3.76. The van der Waals surface area contributed by atoms with Crippen molar-refractivity contribution in [3.8, 4) is 0 Å². The smallest absolute Gasteiger partial charge is 0.391 e. The molecule has 0 spiro atoms. The average Bonchev–Trinajstić information content (AvgIpc) is 2.42. The Morgan fingerprint density at radius 1 is 1.04 bits per heavy atom. The van der Waals surface area contributed by atoms with Crippen LogP contribution >= 0.6 is 0 Å². The number of carbonyl (C=O) groups excluding carboxylic acids is 1. The van der Waals surface area contributed by atoms with Crippen molar-refractivity contribution >= 4 is 15.8 Å². The molecule has 0 saturated carbocycles. The lowest BCUT2D eigenvalue weighted by Crippen LogP contribution is -2.36. The van der Waals surface area contributed by atoms with Crippen molar-refractivity contribution in [2.24, 2.45) is 5.92 Å². The molecule has 144 valence electrons. The molecule has 4 nitrogen and oxygen atoms in total. The van der Waals surface area contributed by atoms with Crippen LogP contribution in [-0.4, -0.2) is 44.9 Å². The molecule has 0 rings (SSSR count). The maximum absolute atomic E-state index is 12.8. The summed E-state index contributed by atoms with van der Waals surface area (Å²) < 4.78 is 103. The third kappa shape index (κ3) is 8.20. The van der Waals surface area contributed by atoms with Gasteiger partial charge in [-0.3, -0.25) is 4.79 Å². The Hall–Kier alpha value is -1.00. The highest BCUT2D eigenvalue weighted by Crippen LogP contribution is 2.34. The van der Waals surface area contributed by atoms with Crippen LogP contribution in [0, 0.1) is 5.92 Å². The number of hydrogen-bond acceptors (Lipinski definition) is 4. The van der Waals surface area contributed by atoms with Crippen LogP contribution in [-0.2, 0) is 19.4 Å².